The first kappa shape index (κ1) is 24.1. The Kier molecular flexibility index (Phi) is 9.72. The van der Waals surface area contributed by atoms with Crippen molar-refractivity contribution in [3.8, 4) is 11.1 Å². The second-order valence-corrected chi connectivity index (χ2v) is 7.19. The molecule has 4 nitrogen and oxygen atoms in total. The van der Waals surface area contributed by atoms with Crippen molar-refractivity contribution >= 4 is 5.82 Å². The summed E-state index contributed by atoms with van der Waals surface area (Å²) in [6.07, 6.45) is 9.43. The summed E-state index contributed by atoms with van der Waals surface area (Å²) in [6.45, 7) is 8.89. The van der Waals surface area contributed by atoms with Gasteiger partial charge in [0.1, 0.15) is 11.6 Å². The Labute approximate surface area is 185 Å². The van der Waals surface area contributed by atoms with Crippen LogP contribution in [0.25, 0.3) is 11.1 Å². The molecular formula is C26H33FN4. The highest BCUT2D eigenvalue weighted by Gasteiger charge is 2.06. The Bertz CT molecular complexity index is 956. The van der Waals surface area contributed by atoms with Gasteiger partial charge in [-0.1, -0.05) is 49.9 Å². The van der Waals surface area contributed by atoms with E-state index in [1.165, 1.54) is 12.2 Å². The average Bonchev–Trinajstić information content (AvgIpc) is 2.80. The number of hydrogen-bond donors (Lipinski definition) is 3. The fraction of sp³-hybridized carbons (Fsp3) is 0.269. The molecule has 0 aliphatic heterocycles. The Hall–Kier alpha value is -3.18. The van der Waals surface area contributed by atoms with Crippen molar-refractivity contribution in [1.82, 2.24) is 15.6 Å². The molecule has 0 atom stereocenters. The van der Waals surface area contributed by atoms with Gasteiger partial charge in [0.05, 0.1) is 0 Å². The van der Waals surface area contributed by atoms with Gasteiger partial charge in [0.25, 0.3) is 0 Å². The second kappa shape index (κ2) is 12.5. The number of halogens is 1. The van der Waals surface area contributed by atoms with Crippen LogP contribution in [-0.4, -0.2) is 19.1 Å². The molecule has 1 aromatic heterocycles. The minimum atomic E-state index is -0.350. The van der Waals surface area contributed by atoms with Gasteiger partial charge in [0.2, 0.25) is 0 Å². The fourth-order valence-corrected chi connectivity index (χ4v) is 3.10. The van der Waals surface area contributed by atoms with Gasteiger partial charge in [0, 0.05) is 43.2 Å². The van der Waals surface area contributed by atoms with E-state index < -0.39 is 0 Å². The molecule has 0 saturated heterocycles. The molecule has 164 valence electrons. The van der Waals surface area contributed by atoms with Gasteiger partial charge >= 0.3 is 0 Å². The lowest BCUT2D eigenvalue weighted by Gasteiger charge is -2.12. The predicted molar refractivity (Wildman–Crippen MR) is 130 cm³/mol. The molecule has 0 aliphatic carbocycles. The lowest BCUT2D eigenvalue weighted by molar-refractivity contribution is 0.666. The lowest BCUT2D eigenvalue weighted by Crippen LogP contribution is -2.12. The lowest BCUT2D eigenvalue weighted by atomic mass is 10.0. The molecule has 0 radical (unpaired) electrons. The van der Waals surface area contributed by atoms with Crippen molar-refractivity contribution < 1.29 is 4.39 Å². The average molecular weight is 421 g/mol. The van der Waals surface area contributed by atoms with E-state index in [4.69, 9.17) is 0 Å². The van der Waals surface area contributed by atoms with Crippen LogP contribution in [0.3, 0.4) is 0 Å². The number of allylic oxidation sites excluding steroid dienone is 7. The first-order valence-corrected chi connectivity index (χ1v) is 10.5. The Balaban J connectivity index is 2.16. The first-order chi connectivity index (χ1) is 15.0. The molecule has 2 aromatic rings. The molecule has 31 heavy (non-hydrogen) atoms. The van der Waals surface area contributed by atoms with Crippen molar-refractivity contribution in [3.63, 3.8) is 0 Å². The van der Waals surface area contributed by atoms with E-state index in [2.05, 4.69) is 64.8 Å². The van der Waals surface area contributed by atoms with Crippen molar-refractivity contribution in [2.45, 2.75) is 33.4 Å². The Morgan fingerprint density at radius 3 is 2.48 bits per heavy atom. The van der Waals surface area contributed by atoms with Crippen LogP contribution in [0, 0.1) is 0 Å². The van der Waals surface area contributed by atoms with E-state index in [9.17, 15) is 4.39 Å². The number of aromatic nitrogens is 1. The van der Waals surface area contributed by atoms with Gasteiger partial charge in [-0.05, 0) is 55.3 Å². The number of nitrogens with zero attached hydrogens (tertiary/aromatic N) is 1. The monoisotopic (exact) mass is 420 g/mol. The highest BCUT2D eigenvalue weighted by Crippen LogP contribution is 2.23. The fourth-order valence-electron chi connectivity index (χ4n) is 3.10. The van der Waals surface area contributed by atoms with Crippen molar-refractivity contribution in [1.29, 1.82) is 0 Å². The number of anilines is 1. The standard InChI is InChI=1S/C26H33FN4/c1-6-8-9-22(15-25(27)7-2)19(3)30-16-20-10-12-21(13-11-20)23-14-24(17-28-4)26(29-5)31-18-23/h7-15,18,28,30H,2,6,16-17H2,1,3-5H3,(H,29,31)/b9-8-,22-19+,25-15+. The molecule has 0 spiro atoms. The molecule has 0 saturated carbocycles. The number of benzene rings is 1. The van der Waals surface area contributed by atoms with Crippen LogP contribution in [0.5, 0.6) is 0 Å². The molecule has 1 heterocycles. The molecule has 5 heteroatoms. The van der Waals surface area contributed by atoms with Gasteiger partial charge in [-0.3, -0.25) is 0 Å². The zero-order chi connectivity index (χ0) is 22.6. The molecule has 3 N–H and O–H groups in total. The first-order valence-electron chi connectivity index (χ1n) is 10.5. The summed E-state index contributed by atoms with van der Waals surface area (Å²) < 4.78 is 13.7. The van der Waals surface area contributed by atoms with Crippen LogP contribution in [0.2, 0.25) is 0 Å². The Morgan fingerprint density at radius 2 is 1.87 bits per heavy atom. The summed E-state index contributed by atoms with van der Waals surface area (Å²) in [7, 11) is 3.81. The molecule has 0 aliphatic rings. The van der Waals surface area contributed by atoms with E-state index in [1.54, 1.807) is 0 Å². The van der Waals surface area contributed by atoms with Crippen LogP contribution in [-0.2, 0) is 13.1 Å². The largest absolute Gasteiger partial charge is 0.384 e. The molecular weight excluding hydrogens is 387 g/mol. The summed E-state index contributed by atoms with van der Waals surface area (Å²) in [5.74, 6) is 0.535. The minimum Gasteiger partial charge on any atom is -0.384 e. The summed E-state index contributed by atoms with van der Waals surface area (Å²) >= 11 is 0. The maximum atomic E-state index is 13.7. The summed E-state index contributed by atoms with van der Waals surface area (Å²) in [6, 6.07) is 10.6. The van der Waals surface area contributed by atoms with Crippen LogP contribution in [0.4, 0.5) is 10.2 Å². The minimum absolute atomic E-state index is 0.350. The SMILES string of the molecule is C=C\C(F)=C/C(/C=C\CC)=C(\C)NCc1ccc(-c2cnc(NC)c(CNC)c2)cc1. The van der Waals surface area contributed by atoms with Crippen LogP contribution >= 0.6 is 0 Å². The Morgan fingerprint density at radius 1 is 1.13 bits per heavy atom. The van der Waals surface area contributed by atoms with E-state index >= 15 is 0 Å². The molecule has 2 rings (SSSR count). The van der Waals surface area contributed by atoms with Crippen LogP contribution < -0.4 is 16.0 Å². The third-order valence-electron chi connectivity index (χ3n) is 4.87. The number of rotatable bonds is 11. The van der Waals surface area contributed by atoms with Crippen LogP contribution in [0.15, 0.2) is 84.5 Å². The van der Waals surface area contributed by atoms with Gasteiger partial charge in [-0.15, -0.1) is 0 Å². The number of pyridine rings is 1. The number of hydrogen-bond acceptors (Lipinski definition) is 4. The molecule has 0 unspecified atom stereocenters. The highest BCUT2D eigenvalue weighted by atomic mass is 19.1. The molecule has 0 amide bonds. The molecule has 1 aromatic carbocycles. The van der Waals surface area contributed by atoms with Crippen molar-refractivity contribution in [2.75, 3.05) is 19.4 Å². The predicted octanol–water partition coefficient (Wildman–Crippen LogP) is 5.88. The smallest absolute Gasteiger partial charge is 0.130 e. The van der Waals surface area contributed by atoms with E-state index in [0.717, 1.165) is 52.3 Å². The van der Waals surface area contributed by atoms with Crippen molar-refractivity contribution in [2.24, 2.45) is 0 Å². The second-order valence-electron chi connectivity index (χ2n) is 7.19. The van der Waals surface area contributed by atoms with Gasteiger partial charge in [0.15, 0.2) is 0 Å². The van der Waals surface area contributed by atoms with Crippen LogP contribution in [0.1, 0.15) is 31.4 Å². The maximum absolute atomic E-state index is 13.7. The zero-order valence-electron chi connectivity index (χ0n) is 18.9. The third kappa shape index (κ3) is 7.23. The third-order valence-corrected chi connectivity index (χ3v) is 4.87. The maximum Gasteiger partial charge on any atom is 0.130 e. The van der Waals surface area contributed by atoms with E-state index in [1.807, 2.05) is 39.4 Å². The zero-order valence-corrected chi connectivity index (χ0v) is 18.9. The number of nitrogens with one attached hydrogen (secondary N) is 3. The topological polar surface area (TPSA) is 49.0 Å². The summed E-state index contributed by atoms with van der Waals surface area (Å²) in [4.78, 5) is 4.53. The normalized spacial score (nSPS) is 12.6. The molecule has 0 fully saturated rings. The summed E-state index contributed by atoms with van der Waals surface area (Å²) in [5.41, 5.74) is 6.19. The van der Waals surface area contributed by atoms with Gasteiger partial charge < -0.3 is 16.0 Å². The highest BCUT2D eigenvalue weighted by molar-refractivity contribution is 5.66. The molecule has 0 bridgehead atoms. The van der Waals surface area contributed by atoms with Crippen molar-refractivity contribution in [3.05, 3.63) is 95.6 Å². The van der Waals surface area contributed by atoms with Gasteiger partial charge in [-0.2, -0.15) is 0 Å². The van der Waals surface area contributed by atoms with E-state index in [0.29, 0.717) is 6.54 Å². The summed E-state index contributed by atoms with van der Waals surface area (Å²) in [5, 5.41) is 9.70. The van der Waals surface area contributed by atoms with E-state index in [-0.39, 0.29) is 5.83 Å². The van der Waals surface area contributed by atoms with Gasteiger partial charge in [-0.25, -0.2) is 9.37 Å². The quantitative estimate of drug-likeness (QED) is 0.397.